The molecule has 0 unspecified atom stereocenters. The zero-order valence-corrected chi connectivity index (χ0v) is 10.8. The summed E-state index contributed by atoms with van der Waals surface area (Å²) in [6.07, 6.45) is 2.65. The highest BCUT2D eigenvalue weighted by Crippen LogP contribution is 2.17. The Labute approximate surface area is 98.8 Å². The molecule has 1 saturated heterocycles. The Morgan fingerprint density at radius 1 is 1.44 bits per heavy atom. The zero-order valence-electron chi connectivity index (χ0n) is 10.8. The van der Waals surface area contributed by atoms with Crippen molar-refractivity contribution < 1.29 is 4.79 Å². The number of carbonyl (C=O) groups is 1. The summed E-state index contributed by atoms with van der Waals surface area (Å²) in [5.41, 5.74) is 5.40. The maximum Gasteiger partial charge on any atom is 0.223 e. The highest BCUT2D eigenvalue weighted by atomic mass is 16.2. The molecule has 0 saturated carbocycles. The maximum atomic E-state index is 11.7. The first-order valence-electron chi connectivity index (χ1n) is 6.26. The van der Waals surface area contributed by atoms with E-state index in [1.54, 1.807) is 0 Å². The fourth-order valence-corrected chi connectivity index (χ4v) is 2.29. The van der Waals surface area contributed by atoms with Crippen LogP contribution in [0.4, 0.5) is 0 Å². The topological polar surface area (TPSA) is 49.6 Å². The fourth-order valence-electron chi connectivity index (χ4n) is 2.29. The van der Waals surface area contributed by atoms with E-state index in [2.05, 4.69) is 18.7 Å². The van der Waals surface area contributed by atoms with Crippen molar-refractivity contribution in [2.24, 2.45) is 5.73 Å². The van der Waals surface area contributed by atoms with Crippen LogP contribution in [-0.4, -0.2) is 54.5 Å². The number of rotatable bonds is 4. The Kier molecular flexibility index (Phi) is 5.22. The Morgan fingerprint density at radius 2 is 2.00 bits per heavy atom. The predicted octanol–water partition coefficient (Wildman–Crippen LogP) is 0.666. The highest BCUT2D eigenvalue weighted by molar-refractivity contribution is 5.76. The smallest absolute Gasteiger partial charge is 0.223 e. The van der Waals surface area contributed by atoms with Crippen LogP contribution in [0, 0.1) is 0 Å². The van der Waals surface area contributed by atoms with Crippen molar-refractivity contribution in [1.82, 2.24) is 9.80 Å². The molecule has 1 fully saturated rings. The average Bonchev–Trinajstić information content (AvgIpc) is 2.28. The third-order valence-electron chi connectivity index (χ3n) is 3.53. The molecule has 0 aromatic carbocycles. The van der Waals surface area contributed by atoms with Crippen molar-refractivity contribution in [3.8, 4) is 0 Å². The molecular weight excluding hydrogens is 202 g/mol. The largest absolute Gasteiger partial charge is 0.343 e. The molecule has 1 aliphatic heterocycles. The van der Waals surface area contributed by atoms with Gasteiger partial charge in [0.25, 0.3) is 0 Å². The van der Waals surface area contributed by atoms with Gasteiger partial charge in [0.2, 0.25) is 5.91 Å². The minimum atomic E-state index is 0.186. The Morgan fingerprint density at radius 3 is 2.44 bits per heavy atom. The number of likely N-dealkylation sites (tertiary alicyclic amines) is 1. The van der Waals surface area contributed by atoms with Crippen molar-refractivity contribution in [3.63, 3.8) is 0 Å². The molecule has 1 heterocycles. The second kappa shape index (κ2) is 6.21. The molecule has 16 heavy (non-hydrogen) atoms. The first-order chi connectivity index (χ1) is 7.56. The van der Waals surface area contributed by atoms with Crippen LogP contribution in [0.1, 0.15) is 33.1 Å². The number of hydrogen-bond donors (Lipinski definition) is 1. The van der Waals surface area contributed by atoms with Gasteiger partial charge in [-0.15, -0.1) is 0 Å². The molecule has 4 nitrogen and oxygen atoms in total. The van der Waals surface area contributed by atoms with E-state index < -0.39 is 0 Å². The number of nitrogens with zero attached hydrogens (tertiary/aromatic N) is 2. The summed E-state index contributed by atoms with van der Waals surface area (Å²) in [5, 5.41) is 0. The average molecular weight is 227 g/mol. The summed E-state index contributed by atoms with van der Waals surface area (Å²) in [7, 11) is 1.91. The van der Waals surface area contributed by atoms with Gasteiger partial charge in [-0.3, -0.25) is 4.79 Å². The van der Waals surface area contributed by atoms with Crippen LogP contribution in [0.25, 0.3) is 0 Å². The van der Waals surface area contributed by atoms with Crippen molar-refractivity contribution >= 4 is 5.91 Å². The molecule has 0 spiro atoms. The van der Waals surface area contributed by atoms with Crippen LogP contribution in [0.3, 0.4) is 0 Å². The lowest BCUT2D eigenvalue weighted by atomic mass is 10.0. The number of amides is 1. The van der Waals surface area contributed by atoms with E-state index in [4.69, 9.17) is 5.73 Å². The van der Waals surface area contributed by atoms with Crippen molar-refractivity contribution in [3.05, 3.63) is 0 Å². The van der Waals surface area contributed by atoms with E-state index in [0.29, 0.717) is 25.0 Å². The second-order valence-corrected chi connectivity index (χ2v) is 4.90. The lowest BCUT2D eigenvalue weighted by molar-refractivity contribution is -0.132. The molecule has 1 amide bonds. The van der Waals surface area contributed by atoms with Crippen LogP contribution >= 0.6 is 0 Å². The van der Waals surface area contributed by atoms with Gasteiger partial charge in [0, 0.05) is 45.2 Å². The summed E-state index contributed by atoms with van der Waals surface area (Å²) < 4.78 is 0. The van der Waals surface area contributed by atoms with Gasteiger partial charge in [-0.2, -0.15) is 0 Å². The SMILES string of the molecule is CC(C)N1CCC(N(C)C(=O)CCN)CC1. The Balaban J connectivity index is 2.38. The van der Waals surface area contributed by atoms with E-state index in [1.807, 2.05) is 11.9 Å². The van der Waals surface area contributed by atoms with Crippen LogP contribution < -0.4 is 5.73 Å². The molecule has 0 aromatic rings. The van der Waals surface area contributed by atoms with Gasteiger partial charge in [0.1, 0.15) is 0 Å². The Bertz CT molecular complexity index is 222. The molecule has 1 aliphatic rings. The van der Waals surface area contributed by atoms with Gasteiger partial charge in [-0.05, 0) is 26.7 Å². The van der Waals surface area contributed by atoms with Gasteiger partial charge >= 0.3 is 0 Å². The van der Waals surface area contributed by atoms with Crippen LogP contribution in [0.5, 0.6) is 0 Å². The number of nitrogens with two attached hydrogens (primary N) is 1. The van der Waals surface area contributed by atoms with Crippen LogP contribution in [-0.2, 0) is 4.79 Å². The van der Waals surface area contributed by atoms with Gasteiger partial charge in [0.05, 0.1) is 0 Å². The summed E-state index contributed by atoms with van der Waals surface area (Å²) >= 11 is 0. The van der Waals surface area contributed by atoms with Crippen LogP contribution in [0.2, 0.25) is 0 Å². The first-order valence-corrected chi connectivity index (χ1v) is 6.26. The first kappa shape index (κ1) is 13.5. The maximum absolute atomic E-state index is 11.7. The monoisotopic (exact) mass is 227 g/mol. The second-order valence-electron chi connectivity index (χ2n) is 4.90. The fraction of sp³-hybridized carbons (Fsp3) is 0.917. The lowest BCUT2D eigenvalue weighted by Crippen LogP contribution is -2.47. The summed E-state index contributed by atoms with van der Waals surface area (Å²) in [6.45, 7) is 7.10. The van der Waals surface area contributed by atoms with Crippen molar-refractivity contribution in [2.75, 3.05) is 26.7 Å². The summed E-state index contributed by atoms with van der Waals surface area (Å²) in [6, 6.07) is 1.03. The van der Waals surface area contributed by atoms with Crippen LogP contribution in [0.15, 0.2) is 0 Å². The molecule has 0 aliphatic carbocycles. The number of hydrogen-bond acceptors (Lipinski definition) is 3. The molecule has 0 radical (unpaired) electrons. The lowest BCUT2D eigenvalue weighted by Gasteiger charge is -2.38. The minimum Gasteiger partial charge on any atom is -0.343 e. The molecule has 0 aromatic heterocycles. The molecule has 2 N–H and O–H groups in total. The van der Waals surface area contributed by atoms with Gasteiger partial charge in [0.15, 0.2) is 0 Å². The Hall–Kier alpha value is -0.610. The highest BCUT2D eigenvalue weighted by Gasteiger charge is 2.25. The third-order valence-corrected chi connectivity index (χ3v) is 3.53. The minimum absolute atomic E-state index is 0.186. The molecule has 94 valence electrons. The summed E-state index contributed by atoms with van der Waals surface area (Å²) in [5.74, 6) is 0.186. The molecule has 0 atom stereocenters. The molecule has 0 bridgehead atoms. The predicted molar refractivity (Wildman–Crippen MR) is 66.2 cm³/mol. The van der Waals surface area contributed by atoms with Crippen molar-refractivity contribution in [1.29, 1.82) is 0 Å². The normalized spacial score (nSPS) is 19.1. The number of carbonyl (C=O) groups excluding carboxylic acids is 1. The van der Waals surface area contributed by atoms with E-state index >= 15 is 0 Å². The third kappa shape index (κ3) is 3.46. The van der Waals surface area contributed by atoms with E-state index in [-0.39, 0.29) is 5.91 Å². The van der Waals surface area contributed by atoms with Gasteiger partial charge < -0.3 is 15.5 Å². The molecule has 4 heteroatoms. The van der Waals surface area contributed by atoms with E-state index in [0.717, 1.165) is 25.9 Å². The van der Waals surface area contributed by atoms with E-state index in [1.165, 1.54) is 0 Å². The van der Waals surface area contributed by atoms with E-state index in [9.17, 15) is 4.79 Å². The summed E-state index contributed by atoms with van der Waals surface area (Å²) in [4.78, 5) is 16.1. The van der Waals surface area contributed by atoms with Gasteiger partial charge in [-0.25, -0.2) is 0 Å². The zero-order chi connectivity index (χ0) is 12.1. The molecule has 1 rings (SSSR count). The van der Waals surface area contributed by atoms with Crippen molar-refractivity contribution in [2.45, 2.75) is 45.2 Å². The quantitative estimate of drug-likeness (QED) is 0.768. The van der Waals surface area contributed by atoms with Gasteiger partial charge in [-0.1, -0.05) is 0 Å². The standard InChI is InChI=1S/C12H25N3O/c1-10(2)15-8-5-11(6-9-15)14(3)12(16)4-7-13/h10-11H,4-9,13H2,1-3H3. The molecular formula is C12H25N3O. The number of piperidine rings is 1.